The molecule has 0 spiro atoms. The minimum Gasteiger partial charge on any atom is -0.402 e. The summed E-state index contributed by atoms with van der Waals surface area (Å²) in [6.07, 6.45) is 1.52. The summed E-state index contributed by atoms with van der Waals surface area (Å²) < 4.78 is 18.3. The first-order valence-electron chi connectivity index (χ1n) is 6.26. The highest BCUT2D eigenvalue weighted by atomic mass is 35.5. The second kappa shape index (κ2) is 5.91. The van der Waals surface area contributed by atoms with Gasteiger partial charge in [-0.1, -0.05) is 35.3 Å². The molecule has 3 rings (SSSR count). The summed E-state index contributed by atoms with van der Waals surface area (Å²) in [4.78, 5) is 15.9. The van der Waals surface area contributed by atoms with Crippen LogP contribution in [0.15, 0.2) is 53.2 Å². The number of carbonyl (C=O) groups excluding carboxylic acids is 1. The number of hydrogen-bond donors (Lipinski definition) is 0. The predicted octanol–water partition coefficient (Wildman–Crippen LogP) is 4.48. The molecule has 0 bridgehead atoms. The highest BCUT2D eigenvalue weighted by Gasteiger charge is 2.24. The van der Waals surface area contributed by atoms with Gasteiger partial charge in [-0.3, -0.25) is 0 Å². The van der Waals surface area contributed by atoms with E-state index in [1.165, 1.54) is 24.3 Å². The summed E-state index contributed by atoms with van der Waals surface area (Å²) in [6, 6.07) is 10.6. The normalized spacial score (nSPS) is 15.9. The first-order chi connectivity index (χ1) is 10.5. The average Bonchev–Trinajstić information content (AvgIpc) is 2.84. The molecule has 22 heavy (non-hydrogen) atoms. The van der Waals surface area contributed by atoms with Crippen LogP contribution in [-0.2, 0) is 9.53 Å². The maximum Gasteiger partial charge on any atom is 0.363 e. The molecule has 3 nitrogen and oxygen atoms in total. The molecule has 0 aliphatic carbocycles. The Kier molecular flexibility index (Phi) is 3.96. The van der Waals surface area contributed by atoms with Crippen molar-refractivity contribution in [1.82, 2.24) is 0 Å². The number of ether oxygens (including phenoxy) is 1. The molecule has 0 saturated heterocycles. The fraction of sp³-hybridized carbons (Fsp3) is 0. The highest BCUT2D eigenvalue weighted by Crippen LogP contribution is 2.25. The van der Waals surface area contributed by atoms with Gasteiger partial charge in [-0.05, 0) is 42.0 Å². The van der Waals surface area contributed by atoms with Crippen LogP contribution in [0.2, 0.25) is 10.0 Å². The Balaban J connectivity index is 1.95. The third kappa shape index (κ3) is 3.03. The lowest BCUT2D eigenvalue weighted by Crippen LogP contribution is -2.05. The van der Waals surface area contributed by atoms with Gasteiger partial charge in [-0.25, -0.2) is 14.2 Å². The fourth-order valence-electron chi connectivity index (χ4n) is 1.91. The molecule has 0 N–H and O–H groups in total. The van der Waals surface area contributed by atoms with Gasteiger partial charge in [-0.2, -0.15) is 0 Å². The number of esters is 1. The van der Waals surface area contributed by atoms with Crippen LogP contribution in [0.3, 0.4) is 0 Å². The van der Waals surface area contributed by atoms with Gasteiger partial charge in [0, 0.05) is 5.56 Å². The SMILES string of the molecule is O=C1OC(c2cccc(F)c2)=N/C1=C/c1ccc(Cl)c(Cl)c1. The van der Waals surface area contributed by atoms with Crippen LogP contribution in [0.5, 0.6) is 0 Å². The van der Waals surface area contributed by atoms with Crippen molar-refractivity contribution in [2.75, 3.05) is 0 Å². The van der Waals surface area contributed by atoms with Crippen LogP contribution in [0, 0.1) is 5.82 Å². The molecule has 0 amide bonds. The number of carbonyl (C=O) groups is 1. The molecular weight excluding hydrogens is 328 g/mol. The number of halogens is 3. The summed E-state index contributed by atoms with van der Waals surface area (Å²) in [5.41, 5.74) is 1.16. The first kappa shape index (κ1) is 14.8. The molecule has 0 saturated carbocycles. The van der Waals surface area contributed by atoms with E-state index in [1.54, 1.807) is 24.3 Å². The largest absolute Gasteiger partial charge is 0.402 e. The Morgan fingerprint density at radius 3 is 2.64 bits per heavy atom. The van der Waals surface area contributed by atoms with Crippen molar-refractivity contribution < 1.29 is 13.9 Å². The number of benzene rings is 2. The van der Waals surface area contributed by atoms with Crippen molar-refractivity contribution in [2.45, 2.75) is 0 Å². The van der Waals surface area contributed by atoms with E-state index in [4.69, 9.17) is 27.9 Å². The molecular formula is C16H8Cl2FNO2. The van der Waals surface area contributed by atoms with E-state index in [0.29, 0.717) is 21.2 Å². The quantitative estimate of drug-likeness (QED) is 0.599. The zero-order chi connectivity index (χ0) is 15.7. The van der Waals surface area contributed by atoms with Crippen LogP contribution in [0.1, 0.15) is 11.1 Å². The lowest BCUT2D eigenvalue weighted by Gasteiger charge is -1.98. The molecule has 6 heteroatoms. The van der Waals surface area contributed by atoms with Crippen molar-refractivity contribution >= 4 is 41.1 Å². The maximum atomic E-state index is 13.2. The molecule has 0 unspecified atom stereocenters. The molecule has 2 aromatic rings. The van der Waals surface area contributed by atoms with Gasteiger partial charge in [0.25, 0.3) is 0 Å². The zero-order valence-corrected chi connectivity index (χ0v) is 12.5. The van der Waals surface area contributed by atoms with Gasteiger partial charge in [0.05, 0.1) is 10.0 Å². The molecule has 1 aliphatic heterocycles. The second-order valence-electron chi connectivity index (χ2n) is 4.52. The van der Waals surface area contributed by atoms with E-state index < -0.39 is 11.8 Å². The van der Waals surface area contributed by atoms with Crippen LogP contribution in [0.4, 0.5) is 4.39 Å². The molecule has 1 heterocycles. The van der Waals surface area contributed by atoms with E-state index in [9.17, 15) is 9.18 Å². The minimum atomic E-state index is -0.606. The summed E-state index contributed by atoms with van der Waals surface area (Å²) in [5.74, 6) is -0.973. The van der Waals surface area contributed by atoms with Crippen LogP contribution in [0.25, 0.3) is 6.08 Å². The maximum absolute atomic E-state index is 13.2. The third-order valence-corrected chi connectivity index (χ3v) is 3.68. The summed E-state index contributed by atoms with van der Waals surface area (Å²) in [7, 11) is 0. The second-order valence-corrected chi connectivity index (χ2v) is 5.33. The van der Waals surface area contributed by atoms with Crippen molar-refractivity contribution in [1.29, 1.82) is 0 Å². The van der Waals surface area contributed by atoms with Crippen molar-refractivity contribution in [2.24, 2.45) is 4.99 Å². The van der Waals surface area contributed by atoms with Gasteiger partial charge in [0.15, 0.2) is 5.70 Å². The standard InChI is InChI=1S/C16H8Cl2FNO2/c17-12-5-4-9(6-13(12)18)7-14-16(21)22-15(20-14)10-2-1-3-11(19)8-10/h1-8H/b14-7+. The number of aliphatic imine (C=N–C) groups is 1. The Morgan fingerprint density at radius 2 is 1.91 bits per heavy atom. The fourth-order valence-corrected chi connectivity index (χ4v) is 2.22. The van der Waals surface area contributed by atoms with Gasteiger partial charge in [-0.15, -0.1) is 0 Å². The van der Waals surface area contributed by atoms with E-state index in [0.717, 1.165) is 0 Å². The van der Waals surface area contributed by atoms with Crippen LogP contribution >= 0.6 is 23.2 Å². The Labute approximate surface area is 135 Å². The van der Waals surface area contributed by atoms with E-state index in [-0.39, 0.29) is 11.6 Å². The molecule has 0 radical (unpaired) electrons. The van der Waals surface area contributed by atoms with Crippen molar-refractivity contribution in [3.8, 4) is 0 Å². The van der Waals surface area contributed by atoms with Gasteiger partial charge >= 0.3 is 5.97 Å². The Morgan fingerprint density at radius 1 is 1.09 bits per heavy atom. The average molecular weight is 336 g/mol. The monoisotopic (exact) mass is 335 g/mol. The van der Waals surface area contributed by atoms with Crippen LogP contribution < -0.4 is 0 Å². The van der Waals surface area contributed by atoms with E-state index >= 15 is 0 Å². The minimum absolute atomic E-state index is 0.0656. The van der Waals surface area contributed by atoms with Crippen molar-refractivity contribution in [3.63, 3.8) is 0 Å². The Hall–Kier alpha value is -2.17. The summed E-state index contributed by atoms with van der Waals surface area (Å²) in [6.45, 7) is 0. The number of rotatable bonds is 2. The number of hydrogen-bond acceptors (Lipinski definition) is 3. The molecule has 0 fully saturated rings. The van der Waals surface area contributed by atoms with Gasteiger partial charge in [0.2, 0.25) is 5.90 Å². The first-order valence-corrected chi connectivity index (χ1v) is 7.02. The van der Waals surface area contributed by atoms with E-state index in [2.05, 4.69) is 4.99 Å². The lowest BCUT2D eigenvalue weighted by atomic mass is 10.2. The Bertz CT molecular complexity index is 831. The molecule has 2 aromatic carbocycles. The predicted molar refractivity (Wildman–Crippen MR) is 83.5 cm³/mol. The van der Waals surface area contributed by atoms with Gasteiger partial charge < -0.3 is 4.74 Å². The van der Waals surface area contributed by atoms with Crippen LogP contribution in [-0.4, -0.2) is 11.9 Å². The lowest BCUT2D eigenvalue weighted by molar-refractivity contribution is -0.129. The molecule has 0 aromatic heterocycles. The summed E-state index contributed by atoms with van der Waals surface area (Å²) in [5, 5.41) is 0.790. The molecule has 110 valence electrons. The number of cyclic esters (lactones) is 1. The highest BCUT2D eigenvalue weighted by molar-refractivity contribution is 6.42. The topological polar surface area (TPSA) is 38.7 Å². The van der Waals surface area contributed by atoms with Gasteiger partial charge in [0.1, 0.15) is 5.82 Å². The third-order valence-electron chi connectivity index (χ3n) is 2.94. The molecule has 1 aliphatic rings. The summed E-state index contributed by atoms with van der Waals surface area (Å²) >= 11 is 11.8. The smallest absolute Gasteiger partial charge is 0.363 e. The molecule has 0 atom stereocenters. The zero-order valence-electron chi connectivity index (χ0n) is 11.0. The van der Waals surface area contributed by atoms with E-state index in [1.807, 2.05) is 0 Å². The number of nitrogens with zero attached hydrogens (tertiary/aromatic N) is 1. The van der Waals surface area contributed by atoms with Crippen molar-refractivity contribution in [3.05, 3.63) is 75.2 Å².